The van der Waals surface area contributed by atoms with Gasteiger partial charge in [-0.2, -0.15) is 0 Å². The number of aliphatic hydroxyl groups excluding tert-OH is 1. The van der Waals surface area contributed by atoms with Crippen molar-refractivity contribution in [3.8, 4) is 0 Å². The Morgan fingerprint density at radius 1 is 1.54 bits per heavy atom. The third-order valence-corrected chi connectivity index (χ3v) is 5.10. The minimum Gasteiger partial charge on any atom is -0.461 e. The zero-order chi connectivity index (χ0) is 9.16. The molecule has 13 heavy (non-hydrogen) atoms. The van der Waals surface area contributed by atoms with Crippen molar-refractivity contribution in [1.29, 1.82) is 0 Å². The number of hydrogen-bond acceptors (Lipinski definition) is 3. The highest BCUT2D eigenvalue weighted by atomic mass is 79.9. The summed E-state index contributed by atoms with van der Waals surface area (Å²) >= 11 is 3.57. The van der Waals surface area contributed by atoms with Gasteiger partial charge in [0, 0.05) is 12.5 Å². The van der Waals surface area contributed by atoms with E-state index >= 15 is 0 Å². The average molecular weight is 247 g/mol. The number of aliphatic hydroxyl groups is 1. The second-order valence-corrected chi connectivity index (χ2v) is 5.34. The Balaban J connectivity index is 2.01. The molecule has 2 bridgehead atoms. The van der Waals surface area contributed by atoms with Crippen molar-refractivity contribution in [1.82, 2.24) is 0 Å². The number of ether oxygens (including phenoxy) is 1. The van der Waals surface area contributed by atoms with Gasteiger partial charge in [-0.05, 0) is 18.3 Å². The van der Waals surface area contributed by atoms with E-state index in [1.807, 2.05) is 0 Å². The number of carbonyl (C=O) groups excluding carboxylic acids is 1. The fourth-order valence-electron chi connectivity index (χ4n) is 3.37. The first-order valence-electron chi connectivity index (χ1n) is 4.69. The summed E-state index contributed by atoms with van der Waals surface area (Å²) in [5, 5.41) is 9.22. The normalized spacial score (nSPS) is 57.2. The van der Waals surface area contributed by atoms with Crippen molar-refractivity contribution in [3.63, 3.8) is 0 Å². The maximum atomic E-state index is 11.5. The van der Waals surface area contributed by atoms with Crippen LogP contribution < -0.4 is 0 Å². The molecule has 0 unspecified atom stereocenters. The van der Waals surface area contributed by atoms with E-state index in [2.05, 4.69) is 15.9 Å². The number of fused-ring (bicyclic) bond motifs is 1. The Labute approximate surface area is 84.6 Å². The molecular formula is C9H11BrO3. The maximum absolute atomic E-state index is 11.5. The van der Waals surface area contributed by atoms with Crippen molar-refractivity contribution in [3.05, 3.63) is 0 Å². The van der Waals surface area contributed by atoms with Crippen LogP contribution in [0.5, 0.6) is 0 Å². The molecule has 1 heterocycles. The molecule has 72 valence electrons. The summed E-state index contributed by atoms with van der Waals surface area (Å²) in [7, 11) is 0. The van der Waals surface area contributed by atoms with Gasteiger partial charge in [0.2, 0.25) is 0 Å². The van der Waals surface area contributed by atoms with Crippen molar-refractivity contribution in [2.45, 2.75) is 17.4 Å². The van der Waals surface area contributed by atoms with Gasteiger partial charge in [-0.3, -0.25) is 4.79 Å². The predicted octanol–water partition coefficient (Wildman–Crippen LogP) is 0.550. The van der Waals surface area contributed by atoms with E-state index in [0.717, 1.165) is 6.42 Å². The number of halogens is 1. The van der Waals surface area contributed by atoms with E-state index in [1.54, 1.807) is 0 Å². The van der Waals surface area contributed by atoms with E-state index < -0.39 is 0 Å². The molecule has 1 saturated heterocycles. The molecule has 0 aromatic heterocycles. The highest BCUT2D eigenvalue weighted by molar-refractivity contribution is 9.09. The molecule has 1 aliphatic heterocycles. The summed E-state index contributed by atoms with van der Waals surface area (Å²) in [6.07, 6.45) is 1.13. The van der Waals surface area contributed by atoms with Crippen LogP contribution in [0.4, 0.5) is 0 Å². The fraction of sp³-hybridized carbons (Fsp3) is 0.889. The Morgan fingerprint density at radius 3 is 3.00 bits per heavy atom. The van der Waals surface area contributed by atoms with Crippen LogP contribution in [0.15, 0.2) is 0 Å². The van der Waals surface area contributed by atoms with Gasteiger partial charge in [-0.15, -0.1) is 0 Å². The fourth-order valence-corrected chi connectivity index (χ4v) is 4.48. The predicted molar refractivity (Wildman–Crippen MR) is 48.3 cm³/mol. The number of hydrogen-bond donors (Lipinski definition) is 1. The van der Waals surface area contributed by atoms with Crippen LogP contribution in [0.1, 0.15) is 6.42 Å². The molecular weight excluding hydrogens is 236 g/mol. The molecule has 2 aliphatic carbocycles. The van der Waals surface area contributed by atoms with E-state index in [9.17, 15) is 9.90 Å². The quantitative estimate of drug-likeness (QED) is 0.543. The number of esters is 1. The van der Waals surface area contributed by atoms with Crippen molar-refractivity contribution in [2.75, 3.05) is 6.61 Å². The molecule has 3 rings (SSSR count). The maximum Gasteiger partial charge on any atom is 0.310 e. The highest BCUT2D eigenvalue weighted by Gasteiger charge is 2.65. The van der Waals surface area contributed by atoms with Crippen LogP contribution in [-0.2, 0) is 9.53 Å². The van der Waals surface area contributed by atoms with Crippen LogP contribution in [0.3, 0.4) is 0 Å². The Morgan fingerprint density at radius 2 is 2.31 bits per heavy atom. The van der Waals surface area contributed by atoms with Crippen molar-refractivity contribution < 1.29 is 14.6 Å². The van der Waals surface area contributed by atoms with Crippen LogP contribution in [0.25, 0.3) is 0 Å². The molecule has 0 radical (unpaired) electrons. The lowest BCUT2D eigenvalue weighted by Crippen LogP contribution is -2.35. The minimum absolute atomic E-state index is 0.00574. The molecule has 0 spiro atoms. The standard InChI is InChI=1S/C9H11BrO3/c10-7-3-1-4-6(5(3)2-11)9(12)13-8(4)7/h3-8,11H,1-2H2/t3-,4+,5-,6-,7-,8-/m0/s1. The van der Waals surface area contributed by atoms with Gasteiger partial charge >= 0.3 is 5.97 Å². The largest absolute Gasteiger partial charge is 0.461 e. The van der Waals surface area contributed by atoms with Gasteiger partial charge in [0.1, 0.15) is 6.10 Å². The van der Waals surface area contributed by atoms with Crippen LogP contribution >= 0.6 is 15.9 Å². The monoisotopic (exact) mass is 246 g/mol. The molecule has 4 heteroatoms. The average Bonchev–Trinajstić information content (AvgIpc) is 2.68. The van der Waals surface area contributed by atoms with E-state index in [0.29, 0.717) is 11.8 Å². The lowest BCUT2D eigenvalue weighted by Gasteiger charge is -2.26. The first-order chi connectivity index (χ1) is 6.24. The third kappa shape index (κ3) is 0.814. The summed E-state index contributed by atoms with van der Waals surface area (Å²) in [6, 6.07) is 0. The van der Waals surface area contributed by atoms with Gasteiger partial charge in [-0.1, -0.05) is 15.9 Å². The molecule has 6 atom stereocenters. The Bertz CT molecular complexity index is 268. The van der Waals surface area contributed by atoms with Crippen molar-refractivity contribution >= 4 is 21.9 Å². The molecule has 3 fully saturated rings. The van der Waals surface area contributed by atoms with Crippen LogP contribution in [-0.4, -0.2) is 28.6 Å². The second-order valence-electron chi connectivity index (χ2n) is 4.28. The number of alkyl halides is 1. The molecule has 0 amide bonds. The van der Waals surface area contributed by atoms with E-state index in [4.69, 9.17) is 4.74 Å². The molecule has 3 aliphatic rings. The zero-order valence-electron chi connectivity index (χ0n) is 7.02. The lowest BCUT2D eigenvalue weighted by molar-refractivity contribution is -0.144. The van der Waals surface area contributed by atoms with Gasteiger partial charge < -0.3 is 9.84 Å². The first-order valence-corrected chi connectivity index (χ1v) is 5.61. The third-order valence-electron chi connectivity index (χ3n) is 3.90. The van der Waals surface area contributed by atoms with E-state index in [1.165, 1.54) is 0 Å². The van der Waals surface area contributed by atoms with Crippen LogP contribution in [0, 0.1) is 23.7 Å². The van der Waals surface area contributed by atoms with Gasteiger partial charge in [0.05, 0.1) is 10.7 Å². The van der Waals surface area contributed by atoms with Gasteiger partial charge in [0.15, 0.2) is 0 Å². The van der Waals surface area contributed by atoms with Gasteiger partial charge in [0.25, 0.3) is 0 Å². The van der Waals surface area contributed by atoms with E-state index in [-0.39, 0.29) is 35.3 Å². The minimum atomic E-state index is -0.0847. The topological polar surface area (TPSA) is 46.5 Å². The zero-order valence-corrected chi connectivity index (χ0v) is 8.61. The second kappa shape index (κ2) is 2.48. The summed E-state index contributed by atoms with van der Waals surface area (Å²) in [5.41, 5.74) is 0. The highest BCUT2D eigenvalue weighted by Crippen LogP contribution is 2.59. The summed E-state index contributed by atoms with van der Waals surface area (Å²) in [4.78, 5) is 11.7. The van der Waals surface area contributed by atoms with Crippen LogP contribution in [0.2, 0.25) is 0 Å². The number of rotatable bonds is 1. The molecule has 1 N–H and O–H groups in total. The molecule has 0 aromatic rings. The van der Waals surface area contributed by atoms with Crippen molar-refractivity contribution in [2.24, 2.45) is 23.7 Å². The number of carbonyl (C=O) groups is 1. The lowest BCUT2D eigenvalue weighted by atomic mass is 9.80. The van der Waals surface area contributed by atoms with Gasteiger partial charge in [-0.25, -0.2) is 0 Å². The Hall–Kier alpha value is -0.0900. The summed E-state index contributed by atoms with van der Waals surface area (Å²) in [6.45, 7) is 0.121. The SMILES string of the molecule is O=C1O[C@@H]2[C@@H](Br)[C@H]3C[C@@H]2[C@H]1[C@H]3CO. The molecule has 2 saturated carbocycles. The summed E-state index contributed by atoms with van der Waals surface area (Å²) < 4.78 is 5.29. The smallest absolute Gasteiger partial charge is 0.310 e. The first kappa shape index (κ1) is 8.24. The summed E-state index contributed by atoms with van der Waals surface area (Å²) in [5.74, 6) is 0.864. The molecule has 0 aromatic carbocycles. The molecule has 3 nitrogen and oxygen atoms in total. The Kier molecular flexibility index (Phi) is 1.57.